The minimum atomic E-state index is -0.177. The third kappa shape index (κ3) is 5.24. The number of fused-ring (bicyclic) bond motifs is 2. The number of piperidine rings is 1. The average Bonchev–Trinajstić information content (AvgIpc) is 3.29. The van der Waals surface area contributed by atoms with Crippen LogP contribution >= 0.6 is 15.9 Å². The van der Waals surface area contributed by atoms with Crippen molar-refractivity contribution in [2.24, 2.45) is 11.8 Å². The molecule has 198 valence electrons. The van der Waals surface area contributed by atoms with Crippen molar-refractivity contribution in [1.82, 2.24) is 15.5 Å². The molecule has 1 spiro atoms. The van der Waals surface area contributed by atoms with Crippen molar-refractivity contribution < 1.29 is 29.6 Å². The van der Waals surface area contributed by atoms with E-state index >= 15 is 0 Å². The van der Waals surface area contributed by atoms with E-state index in [2.05, 4.69) is 93.8 Å². The van der Waals surface area contributed by atoms with Crippen molar-refractivity contribution in [3.8, 4) is 0 Å². The second-order valence-corrected chi connectivity index (χ2v) is 11.4. The Morgan fingerprint density at radius 1 is 1.06 bits per heavy atom. The largest absolute Gasteiger partial charge is 1.00 e. The molecule has 2 aromatic rings. The first kappa shape index (κ1) is 29.4. The van der Waals surface area contributed by atoms with Gasteiger partial charge in [0.25, 0.3) is 0 Å². The molecule has 0 bridgehead atoms. The van der Waals surface area contributed by atoms with Gasteiger partial charge in [-0.25, -0.2) is 0 Å². The molecular formula is C29H38BrCl2N3O-2. The number of carbonyl (C=O) groups is 1. The summed E-state index contributed by atoms with van der Waals surface area (Å²) >= 11 is 3.77. The van der Waals surface area contributed by atoms with Crippen molar-refractivity contribution >= 4 is 21.8 Å². The Hall–Kier alpha value is -1.11. The van der Waals surface area contributed by atoms with E-state index in [-0.39, 0.29) is 36.1 Å². The Bertz CT molecular complexity index is 1020. The van der Waals surface area contributed by atoms with Crippen molar-refractivity contribution in [2.45, 2.75) is 63.5 Å². The highest BCUT2D eigenvalue weighted by molar-refractivity contribution is 9.10. The van der Waals surface area contributed by atoms with E-state index in [9.17, 15) is 4.79 Å². The number of hydrogen-bond acceptors (Lipinski definition) is 3. The lowest BCUT2D eigenvalue weighted by Crippen LogP contribution is -3.00. The maximum absolute atomic E-state index is 14.4. The number of halogens is 3. The van der Waals surface area contributed by atoms with Crippen molar-refractivity contribution in [2.75, 3.05) is 26.2 Å². The van der Waals surface area contributed by atoms with Gasteiger partial charge in [-0.1, -0.05) is 85.1 Å². The normalized spacial score (nSPS) is 27.3. The lowest BCUT2D eigenvalue weighted by Gasteiger charge is -2.47. The summed E-state index contributed by atoms with van der Waals surface area (Å²) in [5.41, 5.74) is 3.92. The quantitative estimate of drug-likeness (QED) is 0.478. The van der Waals surface area contributed by atoms with Crippen LogP contribution in [-0.4, -0.2) is 43.0 Å². The number of hydrogen-bond donors (Lipinski definition) is 2. The number of carbonyl (C=O) groups excluding carboxylic acids is 1. The van der Waals surface area contributed by atoms with Gasteiger partial charge in [0.1, 0.15) is 0 Å². The third-order valence-corrected chi connectivity index (χ3v) is 9.69. The lowest BCUT2D eigenvalue weighted by molar-refractivity contribution is -0.142. The fourth-order valence-corrected chi connectivity index (χ4v) is 7.55. The number of benzene rings is 2. The summed E-state index contributed by atoms with van der Waals surface area (Å²) in [5, 5.41) is 7.26. The molecule has 3 aliphatic heterocycles. The molecular weight excluding hydrogens is 557 g/mol. The van der Waals surface area contributed by atoms with E-state index in [1.165, 1.54) is 16.7 Å². The summed E-state index contributed by atoms with van der Waals surface area (Å²) in [6.45, 7) is 8.79. The van der Waals surface area contributed by atoms with Gasteiger partial charge >= 0.3 is 0 Å². The van der Waals surface area contributed by atoms with Crippen LogP contribution in [0.2, 0.25) is 0 Å². The van der Waals surface area contributed by atoms with Gasteiger partial charge in [-0.15, -0.1) is 0 Å². The molecule has 1 amide bonds. The molecule has 2 N–H and O–H groups in total. The monoisotopic (exact) mass is 593 g/mol. The second-order valence-electron chi connectivity index (χ2n) is 10.5. The van der Waals surface area contributed by atoms with Crippen LogP contribution in [0.25, 0.3) is 0 Å². The first-order chi connectivity index (χ1) is 16.6. The number of amides is 1. The van der Waals surface area contributed by atoms with Crippen molar-refractivity contribution in [3.63, 3.8) is 0 Å². The molecule has 3 aliphatic rings. The first-order valence-electron chi connectivity index (χ1n) is 13.1. The zero-order valence-corrected chi connectivity index (χ0v) is 24.4. The summed E-state index contributed by atoms with van der Waals surface area (Å²) in [4.78, 5) is 16.7. The molecule has 2 saturated heterocycles. The predicted octanol–water partition coefficient (Wildman–Crippen LogP) is -0.771. The van der Waals surface area contributed by atoms with Gasteiger partial charge in [-0.05, 0) is 47.4 Å². The molecule has 2 fully saturated rings. The molecule has 0 aromatic heterocycles. The molecule has 4 nitrogen and oxygen atoms in total. The van der Waals surface area contributed by atoms with Gasteiger partial charge in [0.2, 0.25) is 5.91 Å². The van der Waals surface area contributed by atoms with Crippen LogP contribution in [0.5, 0.6) is 0 Å². The van der Waals surface area contributed by atoms with Crippen LogP contribution in [0.15, 0.2) is 53.0 Å². The van der Waals surface area contributed by atoms with E-state index in [1.807, 2.05) is 0 Å². The highest BCUT2D eigenvalue weighted by Crippen LogP contribution is 2.44. The van der Waals surface area contributed by atoms with Crippen molar-refractivity contribution in [3.05, 3.63) is 69.7 Å². The zero-order chi connectivity index (χ0) is 23.7. The van der Waals surface area contributed by atoms with Crippen molar-refractivity contribution in [1.29, 1.82) is 0 Å². The molecule has 4 atom stereocenters. The maximum Gasteiger partial charge on any atom is 0.228 e. The summed E-state index contributed by atoms with van der Waals surface area (Å²) in [5.74, 6) is 1.42. The Labute approximate surface area is 237 Å². The number of rotatable bonds is 5. The van der Waals surface area contributed by atoms with E-state index in [0.29, 0.717) is 23.8 Å². The molecule has 5 rings (SSSR count). The topological polar surface area (TPSA) is 44.4 Å². The van der Waals surface area contributed by atoms with Crippen LogP contribution in [-0.2, 0) is 16.8 Å². The highest BCUT2D eigenvalue weighted by Gasteiger charge is 2.52. The summed E-state index contributed by atoms with van der Waals surface area (Å²) in [6.07, 6.45) is 4.38. The van der Waals surface area contributed by atoms with Crippen LogP contribution in [0.1, 0.15) is 62.1 Å². The molecule has 36 heavy (non-hydrogen) atoms. The molecule has 2 aromatic carbocycles. The fourth-order valence-electron chi connectivity index (χ4n) is 7.04. The Balaban J connectivity index is 0.00000180. The Morgan fingerprint density at radius 2 is 1.78 bits per heavy atom. The maximum atomic E-state index is 14.4. The molecule has 3 heterocycles. The van der Waals surface area contributed by atoms with E-state index < -0.39 is 0 Å². The predicted molar refractivity (Wildman–Crippen MR) is 142 cm³/mol. The van der Waals surface area contributed by atoms with Gasteiger partial charge in [0, 0.05) is 48.7 Å². The Morgan fingerprint density at radius 3 is 2.50 bits per heavy atom. The van der Waals surface area contributed by atoms with Gasteiger partial charge in [0.15, 0.2) is 0 Å². The molecule has 0 radical (unpaired) electrons. The first-order valence-corrected chi connectivity index (χ1v) is 13.9. The van der Waals surface area contributed by atoms with Gasteiger partial charge < -0.3 is 40.3 Å². The van der Waals surface area contributed by atoms with Gasteiger partial charge in [-0.2, -0.15) is 0 Å². The van der Waals surface area contributed by atoms with Gasteiger partial charge in [0.05, 0.1) is 5.92 Å². The standard InChI is InChI=1S/C29H38BrN3O.2ClH/c1-3-20(4-2)27-15-22(21-9-6-5-7-10-21)13-14-33(27)28(34)25-17-32-19-29(25)18-31-16-23-24(29)11-8-12-26(23)30;;/h5-12,20,22,25,27,31-32H,3-4,13-19H2,1-2H3;2*1H/p-2/t22-,25+,27+,29+;;/m1../s1. The fraction of sp³-hybridized carbons (Fsp3) is 0.552. The second kappa shape index (κ2) is 12.6. The summed E-state index contributed by atoms with van der Waals surface area (Å²) in [6, 6.07) is 17.8. The number of nitrogens with zero attached hydrogens (tertiary/aromatic N) is 1. The highest BCUT2D eigenvalue weighted by atomic mass is 79.9. The molecule has 0 saturated carbocycles. The van der Waals surface area contributed by atoms with E-state index in [1.54, 1.807) is 0 Å². The number of likely N-dealkylation sites (tertiary alicyclic amines) is 1. The van der Waals surface area contributed by atoms with E-state index in [0.717, 1.165) is 62.9 Å². The average molecular weight is 595 g/mol. The minimum Gasteiger partial charge on any atom is -1.00 e. The van der Waals surface area contributed by atoms with Crippen LogP contribution in [0, 0.1) is 11.8 Å². The van der Waals surface area contributed by atoms with Gasteiger partial charge in [-0.3, -0.25) is 4.79 Å². The SMILES string of the molecule is CCC(CC)[C@@H]1C[C@H](c2ccccc2)CCN1C(=O)[C@@H]1CNC[C@]12CNCc1c(Br)cccc12.[Cl-].[Cl-]. The summed E-state index contributed by atoms with van der Waals surface area (Å²) < 4.78 is 1.15. The number of nitrogens with one attached hydrogen (secondary N) is 2. The van der Waals surface area contributed by atoms with Crippen LogP contribution in [0.4, 0.5) is 0 Å². The molecule has 7 heteroatoms. The lowest BCUT2D eigenvalue weighted by atomic mass is 9.68. The van der Waals surface area contributed by atoms with Crippen LogP contribution < -0.4 is 35.4 Å². The van der Waals surface area contributed by atoms with E-state index in [4.69, 9.17) is 0 Å². The van der Waals surface area contributed by atoms with Crippen LogP contribution in [0.3, 0.4) is 0 Å². The third-order valence-electron chi connectivity index (χ3n) is 8.94. The Kier molecular flexibility index (Phi) is 10.3. The minimum absolute atomic E-state index is 0. The molecule has 0 unspecified atom stereocenters. The smallest absolute Gasteiger partial charge is 0.228 e. The summed E-state index contributed by atoms with van der Waals surface area (Å²) in [7, 11) is 0. The zero-order valence-electron chi connectivity index (χ0n) is 21.3. The molecule has 0 aliphatic carbocycles.